The van der Waals surface area contributed by atoms with Crippen molar-refractivity contribution < 1.29 is 4.74 Å². The van der Waals surface area contributed by atoms with E-state index in [0.717, 1.165) is 12.5 Å². The van der Waals surface area contributed by atoms with E-state index in [9.17, 15) is 0 Å². The number of likely N-dealkylation sites (N-methyl/N-ethyl adjacent to an activating group) is 1. The summed E-state index contributed by atoms with van der Waals surface area (Å²) in [5.41, 5.74) is 6.14. The van der Waals surface area contributed by atoms with Crippen LogP contribution >= 0.6 is 0 Å². The van der Waals surface area contributed by atoms with E-state index in [1.165, 1.54) is 57.9 Å². The largest absolute Gasteiger partial charge is 0.370 e. The van der Waals surface area contributed by atoms with E-state index in [1.807, 2.05) is 0 Å². The van der Waals surface area contributed by atoms with Crippen LogP contribution in [0.15, 0.2) is 0 Å². The van der Waals surface area contributed by atoms with E-state index in [4.69, 9.17) is 10.5 Å². The van der Waals surface area contributed by atoms with Gasteiger partial charge in [-0.15, -0.1) is 0 Å². The number of nitrogens with zero attached hydrogens (tertiary/aromatic N) is 1. The SMILES string of the molecule is CN(CC1CC(N)C1)CC1CCC2(CCCC2)O1. The Morgan fingerprint density at radius 2 is 1.89 bits per heavy atom. The highest BCUT2D eigenvalue weighted by Crippen LogP contribution is 2.43. The molecule has 3 nitrogen and oxygen atoms in total. The third-order valence-corrected chi connectivity index (χ3v) is 5.21. The molecule has 3 fully saturated rings. The fourth-order valence-corrected chi connectivity index (χ4v) is 4.21. The van der Waals surface area contributed by atoms with Crippen molar-refractivity contribution in [2.24, 2.45) is 11.7 Å². The molecule has 104 valence electrons. The average Bonchev–Trinajstić information content (AvgIpc) is 2.88. The third-order valence-electron chi connectivity index (χ3n) is 5.21. The van der Waals surface area contributed by atoms with Crippen molar-refractivity contribution in [2.45, 2.75) is 69.1 Å². The Morgan fingerprint density at radius 1 is 1.17 bits per heavy atom. The summed E-state index contributed by atoms with van der Waals surface area (Å²) >= 11 is 0. The van der Waals surface area contributed by atoms with Gasteiger partial charge in [0.1, 0.15) is 0 Å². The zero-order chi connectivity index (χ0) is 12.6. The molecule has 0 bridgehead atoms. The highest BCUT2D eigenvalue weighted by molar-refractivity contribution is 4.93. The summed E-state index contributed by atoms with van der Waals surface area (Å²) < 4.78 is 6.37. The fraction of sp³-hybridized carbons (Fsp3) is 1.00. The molecule has 2 N–H and O–H groups in total. The van der Waals surface area contributed by atoms with Gasteiger partial charge in [0.05, 0.1) is 11.7 Å². The molecule has 1 spiro atoms. The maximum Gasteiger partial charge on any atom is 0.0710 e. The van der Waals surface area contributed by atoms with Gasteiger partial charge in [-0.2, -0.15) is 0 Å². The van der Waals surface area contributed by atoms with Crippen LogP contribution in [0.4, 0.5) is 0 Å². The molecule has 0 aromatic carbocycles. The highest BCUT2D eigenvalue weighted by Gasteiger charge is 2.42. The maximum absolute atomic E-state index is 6.37. The molecule has 3 rings (SSSR count). The normalized spacial score (nSPS) is 38.5. The van der Waals surface area contributed by atoms with Gasteiger partial charge in [0.15, 0.2) is 0 Å². The molecule has 1 aliphatic heterocycles. The van der Waals surface area contributed by atoms with Gasteiger partial charge in [0.25, 0.3) is 0 Å². The minimum atomic E-state index is 0.296. The lowest BCUT2D eigenvalue weighted by Gasteiger charge is -2.36. The summed E-state index contributed by atoms with van der Waals surface area (Å²) in [4.78, 5) is 2.47. The lowest BCUT2D eigenvalue weighted by Crippen LogP contribution is -2.43. The first kappa shape index (κ1) is 12.9. The van der Waals surface area contributed by atoms with Crippen LogP contribution in [0.5, 0.6) is 0 Å². The molecule has 0 radical (unpaired) electrons. The molecule has 1 atom stereocenters. The second-order valence-corrected chi connectivity index (χ2v) is 6.99. The first-order valence-corrected chi connectivity index (χ1v) is 7.77. The van der Waals surface area contributed by atoms with Crippen molar-refractivity contribution >= 4 is 0 Å². The van der Waals surface area contributed by atoms with Crippen molar-refractivity contribution in [3.05, 3.63) is 0 Å². The predicted octanol–water partition coefficient (Wildman–Crippen LogP) is 2.15. The first-order chi connectivity index (χ1) is 8.65. The molecule has 0 aromatic heterocycles. The van der Waals surface area contributed by atoms with Crippen molar-refractivity contribution in [3.8, 4) is 0 Å². The Labute approximate surface area is 111 Å². The second kappa shape index (κ2) is 5.10. The topological polar surface area (TPSA) is 38.5 Å². The van der Waals surface area contributed by atoms with E-state index < -0.39 is 0 Å². The minimum Gasteiger partial charge on any atom is -0.370 e. The van der Waals surface area contributed by atoms with Gasteiger partial charge >= 0.3 is 0 Å². The predicted molar refractivity (Wildman–Crippen MR) is 73.5 cm³/mol. The lowest BCUT2D eigenvalue weighted by atomic mass is 9.80. The smallest absolute Gasteiger partial charge is 0.0710 e. The van der Waals surface area contributed by atoms with Gasteiger partial charge in [0.2, 0.25) is 0 Å². The molecule has 18 heavy (non-hydrogen) atoms. The molecule has 1 heterocycles. The molecule has 3 heteroatoms. The van der Waals surface area contributed by atoms with Gasteiger partial charge in [0, 0.05) is 19.1 Å². The second-order valence-electron chi connectivity index (χ2n) is 6.99. The lowest BCUT2D eigenvalue weighted by molar-refractivity contribution is -0.0469. The zero-order valence-corrected chi connectivity index (χ0v) is 11.7. The summed E-state index contributed by atoms with van der Waals surface area (Å²) in [5, 5.41) is 0. The zero-order valence-electron chi connectivity index (χ0n) is 11.7. The van der Waals surface area contributed by atoms with Crippen molar-refractivity contribution in [1.29, 1.82) is 0 Å². The maximum atomic E-state index is 6.37. The number of hydrogen-bond acceptors (Lipinski definition) is 3. The monoisotopic (exact) mass is 252 g/mol. The van der Waals surface area contributed by atoms with Crippen LogP contribution in [0.2, 0.25) is 0 Å². The van der Waals surface area contributed by atoms with Crippen molar-refractivity contribution in [1.82, 2.24) is 4.90 Å². The van der Waals surface area contributed by atoms with E-state index >= 15 is 0 Å². The number of hydrogen-bond donors (Lipinski definition) is 1. The van der Waals surface area contributed by atoms with Crippen LogP contribution in [0.25, 0.3) is 0 Å². The van der Waals surface area contributed by atoms with Crippen LogP contribution < -0.4 is 5.73 Å². The molecule has 1 unspecified atom stereocenters. The summed E-state index contributed by atoms with van der Waals surface area (Å²) in [7, 11) is 2.24. The Bertz CT molecular complexity index is 282. The van der Waals surface area contributed by atoms with E-state index in [1.54, 1.807) is 0 Å². The quantitative estimate of drug-likeness (QED) is 0.833. The Balaban J connectivity index is 1.40. The Kier molecular flexibility index (Phi) is 3.65. The summed E-state index contributed by atoms with van der Waals surface area (Å²) in [5.74, 6) is 0.840. The number of ether oxygens (including phenoxy) is 1. The van der Waals surface area contributed by atoms with Gasteiger partial charge in [-0.05, 0) is 51.5 Å². The Hall–Kier alpha value is -0.120. The van der Waals surface area contributed by atoms with Gasteiger partial charge in [-0.1, -0.05) is 12.8 Å². The summed E-state index contributed by atoms with van der Waals surface area (Å²) in [6.07, 6.45) is 10.9. The standard InChI is InChI=1S/C15H28N2O/c1-17(10-12-8-13(16)9-12)11-14-4-7-15(18-14)5-2-3-6-15/h12-14H,2-11,16H2,1H3. The van der Waals surface area contributed by atoms with Crippen LogP contribution in [-0.2, 0) is 4.74 Å². The molecule has 2 aliphatic carbocycles. The molecule has 3 aliphatic rings. The molecular weight excluding hydrogens is 224 g/mol. The molecule has 2 saturated carbocycles. The van der Waals surface area contributed by atoms with Crippen molar-refractivity contribution in [3.63, 3.8) is 0 Å². The van der Waals surface area contributed by atoms with Gasteiger partial charge in [-0.25, -0.2) is 0 Å². The molecular formula is C15H28N2O. The molecule has 1 saturated heterocycles. The summed E-state index contributed by atoms with van der Waals surface area (Å²) in [6, 6.07) is 0.480. The molecule has 0 aromatic rings. The van der Waals surface area contributed by atoms with Crippen LogP contribution in [-0.4, -0.2) is 42.8 Å². The van der Waals surface area contributed by atoms with Crippen LogP contribution in [0, 0.1) is 5.92 Å². The van der Waals surface area contributed by atoms with E-state index in [-0.39, 0.29) is 0 Å². The Morgan fingerprint density at radius 3 is 2.56 bits per heavy atom. The van der Waals surface area contributed by atoms with Gasteiger partial charge < -0.3 is 15.4 Å². The number of nitrogens with two attached hydrogens (primary N) is 1. The van der Waals surface area contributed by atoms with Crippen molar-refractivity contribution in [2.75, 3.05) is 20.1 Å². The van der Waals surface area contributed by atoms with E-state index in [2.05, 4.69) is 11.9 Å². The number of rotatable bonds is 4. The minimum absolute atomic E-state index is 0.296. The first-order valence-electron chi connectivity index (χ1n) is 7.77. The molecule has 0 amide bonds. The summed E-state index contributed by atoms with van der Waals surface area (Å²) in [6.45, 7) is 2.33. The third kappa shape index (κ3) is 2.73. The average molecular weight is 252 g/mol. The van der Waals surface area contributed by atoms with Crippen LogP contribution in [0.1, 0.15) is 51.4 Å². The highest BCUT2D eigenvalue weighted by atomic mass is 16.5. The van der Waals surface area contributed by atoms with E-state index in [0.29, 0.717) is 17.7 Å². The van der Waals surface area contributed by atoms with Gasteiger partial charge in [-0.3, -0.25) is 0 Å². The fourth-order valence-electron chi connectivity index (χ4n) is 4.21. The van der Waals surface area contributed by atoms with Crippen LogP contribution in [0.3, 0.4) is 0 Å².